The van der Waals surface area contributed by atoms with Gasteiger partial charge in [-0.2, -0.15) is 11.8 Å². The molecule has 0 saturated heterocycles. The molecule has 4 atom stereocenters. The summed E-state index contributed by atoms with van der Waals surface area (Å²) >= 11 is 1.49. The molecule has 0 heterocycles. The van der Waals surface area contributed by atoms with Crippen LogP contribution in [0.4, 0.5) is 0 Å². The molecule has 138 valence electrons. The fourth-order valence-corrected chi connectivity index (χ4v) is 2.17. The first-order chi connectivity index (χ1) is 11.1. The van der Waals surface area contributed by atoms with Gasteiger partial charge in [0.2, 0.25) is 11.8 Å². The minimum absolute atomic E-state index is 0.359. The average molecular weight is 365 g/mol. The number of aliphatic hydroxyl groups is 1. The summed E-state index contributed by atoms with van der Waals surface area (Å²) < 4.78 is 0. The molecule has 2 amide bonds. The molecule has 24 heavy (non-hydrogen) atoms. The average Bonchev–Trinajstić information content (AvgIpc) is 2.47. The number of nitrogens with two attached hydrogens (primary N) is 1. The summed E-state index contributed by atoms with van der Waals surface area (Å²) in [5, 5.41) is 31.4. The van der Waals surface area contributed by atoms with Gasteiger partial charge in [-0.05, 0) is 25.4 Å². The van der Waals surface area contributed by atoms with Crippen molar-refractivity contribution in [2.24, 2.45) is 5.73 Å². The number of thioether (sulfide) groups is 1. The van der Waals surface area contributed by atoms with E-state index in [9.17, 15) is 24.3 Å². The van der Waals surface area contributed by atoms with Gasteiger partial charge in [0.05, 0.1) is 18.6 Å². The van der Waals surface area contributed by atoms with Crippen LogP contribution in [0.2, 0.25) is 0 Å². The monoisotopic (exact) mass is 365 g/mol. The maximum absolute atomic E-state index is 12.1. The van der Waals surface area contributed by atoms with Crippen LogP contribution in [-0.4, -0.2) is 75.3 Å². The van der Waals surface area contributed by atoms with Gasteiger partial charge in [-0.3, -0.25) is 14.4 Å². The van der Waals surface area contributed by atoms with E-state index in [0.717, 1.165) is 0 Å². The van der Waals surface area contributed by atoms with Crippen molar-refractivity contribution in [2.75, 3.05) is 12.0 Å². The smallest absolute Gasteiger partial charge is 0.326 e. The number of aliphatic hydroxyl groups excluding tert-OH is 1. The number of carbonyl (C=O) groups is 4. The van der Waals surface area contributed by atoms with Crippen LogP contribution in [0.3, 0.4) is 0 Å². The first kappa shape index (κ1) is 22.1. The number of nitrogens with one attached hydrogen (secondary N) is 2. The number of carboxylic acid groups (broad SMARTS) is 2. The van der Waals surface area contributed by atoms with Crippen LogP contribution in [0.15, 0.2) is 0 Å². The van der Waals surface area contributed by atoms with Gasteiger partial charge < -0.3 is 31.7 Å². The Morgan fingerprint density at radius 1 is 1.12 bits per heavy atom. The Morgan fingerprint density at radius 3 is 2.12 bits per heavy atom. The maximum atomic E-state index is 12.1. The van der Waals surface area contributed by atoms with Gasteiger partial charge in [0, 0.05) is 0 Å². The highest BCUT2D eigenvalue weighted by atomic mass is 32.2. The Kier molecular flexibility index (Phi) is 10.0. The summed E-state index contributed by atoms with van der Waals surface area (Å²) in [7, 11) is 0. The summed E-state index contributed by atoms with van der Waals surface area (Å²) in [5.74, 6) is -4.02. The van der Waals surface area contributed by atoms with Gasteiger partial charge in [0.25, 0.3) is 0 Å². The molecular formula is C13H23N3O7S. The van der Waals surface area contributed by atoms with Gasteiger partial charge in [0.1, 0.15) is 12.1 Å². The standard InChI is InChI=1S/C13H23N3O7S/c1-6(17)10(16-11(20)7(14)3-4-24-2)12(21)15-8(13(22)23)5-9(18)19/h6-8,10,17H,3-5,14H2,1-2H3,(H,15,21)(H,16,20)(H,18,19)(H,22,23)/t6-,7+,8+,10+/m1/s1. The molecule has 0 aromatic rings. The Morgan fingerprint density at radius 2 is 1.71 bits per heavy atom. The van der Waals surface area contributed by atoms with Crippen molar-refractivity contribution in [1.29, 1.82) is 0 Å². The van der Waals surface area contributed by atoms with Gasteiger partial charge in [-0.25, -0.2) is 4.79 Å². The van der Waals surface area contributed by atoms with E-state index in [2.05, 4.69) is 5.32 Å². The number of carbonyl (C=O) groups excluding carboxylic acids is 2. The van der Waals surface area contributed by atoms with E-state index in [0.29, 0.717) is 12.2 Å². The van der Waals surface area contributed by atoms with Crippen molar-refractivity contribution in [1.82, 2.24) is 10.6 Å². The molecule has 11 heteroatoms. The van der Waals surface area contributed by atoms with E-state index in [4.69, 9.17) is 15.9 Å². The van der Waals surface area contributed by atoms with E-state index in [1.807, 2.05) is 11.6 Å². The first-order valence-corrected chi connectivity index (χ1v) is 8.47. The Bertz CT molecular complexity index is 472. The third kappa shape index (κ3) is 8.13. The summed E-state index contributed by atoms with van der Waals surface area (Å²) in [6.07, 6.45) is 0.0266. The molecule has 7 N–H and O–H groups in total. The molecule has 0 unspecified atom stereocenters. The molecular weight excluding hydrogens is 342 g/mol. The predicted molar refractivity (Wildman–Crippen MR) is 86.4 cm³/mol. The number of amides is 2. The van der Waals surface area contributed by atoms with Crippen molar-refractivity contribution in [3.05, 3.63) is 0 Å². The van der Waals surface area contributed by atoms with Crippen molar-refractivity contribution < 1.29 is 34.5 Å². The zero-order valence-electron chi connectivity index (χ0n) is 13.4. The Balaban J connectivity index is 4.91. The van der Waals surface area contributed by atoms with Crippen molar-refractivity contribution in [2.45, 2.75) is 44.0 Å². The molecule has 0 aliphatic heterocycles. The van der Waals surface area contributed by atoms with Gasteiger partial charge in [0.15, 0.2) is 0 Å². The fraction of sp³-hybridized carbons (Fsp3) is 0.692. The molecule has 0 bridgehead atoms. The van der Waals surface area contributed by atoms with E-state index < -0.39 is 54.4 Å². The minimum atomic E-state index is -1.68. The number of carboxylic acids is 2. The van der Waals surface area contributed by atoms with E-state index in [-0.39, 0.29) is 0 Å². The second kappa shape index (κ2) is 10.8. The lowest BCUT2D eigenvalue weighted by Crippen LogP contribution is -2.58. The third-order valence-corrected chi connectivity index (χ3v) is 3.67. The zero-order chi connectivity index (χ0) is 18.9. The Hall–Kier alpha value is -1.85. The molecule has 0 rings (SSSR count). The minimum Gasteiger partial charge on any atom is -0.481 e. The van der Waals surface area contributed by atoms with Crippen LogP contribution in [-0.2, 0) is 19.2 Å². The lowest BCUT2D eigenvalue weighted by Gasteiger charge is -2.24. The van der Waals surface area contributed by atoms with Gasteiger partial charge >= 0.3 is 11.9 Å². The zero-order valence-corrected chi connectivity index (χ0v) is 14.2. The topological polar surface area (TPSA) is 179 Å². The van der Waals surface area contributed by atoms with E-state index >= 15 is 0 Å². The van der Waals surface area contributed by atoms with Gasteiger partial charge in [-0.15, -0.1) is 0 Å². The predicted octanol–water partition coefficient (Wildman–Crippen LogP) is -2.02. The quantitative estimate of drug-likeness (QED) is 0.241. The molecule has 10 nitrogen and oxygen atoms in total. The van der Waals surface area contributed by atoms with Crippen molar-refractivity contribution in [3.63, 3.8) is 0 Å². The summed E-state index contributed by atoms with van der Waals surface area (Å²) in [6.45, 7) is 1.23. The first-order valence-electron chi connectivity index (χ1n) is 7.08. The molecule has 0 aromatic carbocycles. The molecule has 0 radical (unpaired) electrons. The van der Waals surface area contributed by atoms with E-state index in [1.54, 1.807) is 0 Å². The number of aliphatic carboxylic acids is 2. The maximum Gasteiger partial charge on any atom is 0.326 e. The normalized spacial score (nSPS) is 15.7. The van der Waals surface area contributed by atoms with Crippen LogP contribution < -0.4 is 16.4 Å². The molecule has 0 spiro atoms. The summed E-state index contributed by atoms with van der Waals surface area (Å²) in [5.41, 5.74) is 5.66. The summed E-state index contributed by atoms with van der Waals surface area (Å²) in [4.78, 5) is 45.6. The van der Waals surface area contributed by atoms with Gasteiger partial charge in [-0.1, -0.05) is 0 Å². The largest absolute Gasteiger partial charge is 0.481 e. The van der Waals surface area contributed by atoms with Crippen LogP contribution in [0, 0.1) is 0 Å². The Labute approximate surface area is 143 Å². The highest BCUT2D eigenvalue weighted by Gasteiger charge is 2.31. The lowest BCUT2D eigenvalue weighted by molar-refractivity contribution is -0.147. The van der Waals surface area contributed by atoms with Crippen LogP contribution in [0.1, 0.15) is 19.8 Å². The van der Waals surface area contributed by atoms with Crippen molar-refractivity contribution >= 4 is 35.5 Å². The number of hydrogen-bond donors (Lipinski definition) is 6. The molecule has 0 saturated carbocycles. The van der Waals surface area contributed by atoms with Crippen molar-refractivity contribution in [3.8, 4) is 0 Å². The van der Waals surface area contributed by atoms with Crippen LogP contribution >= 0.6 is 11.8 Å². The molecule has 0 aliphatic rings. The molecule has 0 aliphatic carbocycles. The second-order valence-electron chi connectivity index (χ2n) is 5.11. The third-order valence-electron chi connectivity index (χ3n) is 3.03. The molecule has 0 aromatic heterocycles. The summed E-state index contributed by atoms with van der Waals surface area (Å²) in [6, 6.07) is -4.02. The fourth-order valence-electron chi connectivity index (χ4n) is 1.68. The highest BCUT2D eigenvalue weighted by Crippen LogP contribution is 2.02. The molecule has 0 fully saturated rings. The SMILES string of the molecule is CSCC[C@H](N)C(=O)N[C@H](C(=O)N[C@@H](CC(=O)O)C(=O)O)[C@@H](C)O. The number of rotatable bonds is 11. The van der Waals surface area contributed by atoms with E-state index in [1.165, 1.54) is 18.7 Å². The lowest BCUT2D eigenvalue weighted by atomic mass is 10.1. The highest BCUT2D eigenvalue weighted by molar-refractivity contribution is 7.98. The number of hydrogen-bond acceptors (Lipinski definition) is 7. The van der Waals surface area contributed by atoms with Crippen LogP contribution in [0.25, 0.3) is 0 Å². The van der Waals surface area contributed by atoms with Crippen LogP contribution in [0.5, 0.6) is 0 Å². The second-order valence-corrected chi connectivity index (χ2v) is 6.10.